The number of carbonyl (C=O) groups excluding carboxylic acids is 1. The lowest BCUT2D eigenvalue weighted by atomic mass is 10.2. The molecular weight excluding hydrogens is 394 g/mol. The molecule has 5 rings (SSSR count). The maximum atomic E-state index is 12.8. The lowest BCUT2D eigenvalue weighted by Crippen LogP contribution is -2.37. The van der Waals surface area contributed by atoms with Crippen LogP contribution in [0.15, 0.2) is 36.7 Å². The van der Waals surface area contributed by atoms with E-state index in [1.54, 1.807) is 23.0 Å². The first-order chi connectivity index (χ1) is 15.1. The molecule has 1 amide bonds. The standard InChI is InChI=1S/C22H21N7O2/c1-2-31-17-7-3-6-16-18(17)27-19(26-16)21(30)28-22(10-11-22)9-4-5-14-13-24-20-15(23)8-12-25-29(14)20/h3,6-8,12-13H,2,9-11,23H2,1H3,(H,26,27)(H,28,30). The highest BCUT2D eigenvalue weighted by Crippen LogP contribution is 2.38. The number of amides is 1. The van der Waals surface area contributed by atoms with E-state index in [2.05, 4.69) is 37.2 Å². The largest absolute Gasteiger partial charge is 0.492 e. The van der Waals surface area contributed by atoms with Crippen LogP contribution < -0.4 is 15.8 Å². The Kier molecular flexibility index (Phi) is 4.47. The lowest BCUT2D eigenvalue weighted by Gasteiger charge is -2.12. The molecule has 1 fully saturated rings. The minimum atomic E-state index is -0.335. The number of hydrogen-bond acceptors (Lipinski definition) is 6. The summed E-state index contributed by atoms with van der Waals surface area (Å²) in [6, 6.07) is 7.28. The van der Waals surface area contributed by atoms with Crippen molar-refractivity contribution < 1.29 is 9.53 Å². The van der Waals surface area contributed by atoms with Gasteiger partial charge in [0, 0.05) is 6.42 Å². The molecule has 0 saturated heterocycles. The third-order valence-corrected chi connectivity index (χ3v) is 5.30. The molecule has 1 aromatic carbocycles. The Morgan fingerprint density at radius 1 is 1.39 bits per heavy atom. The molecule has 0 aliphatic heterocycles. The number of benzene rings is 1. The Balaban J connectivity index is 1.31. The number of nitrogen functional groups attached to an aromatic ring is 1. The Morgan fingerprint density at radius 2 is 2.26 bits per heavy atom. The molecule has 9 heteroatoms. The highest BCUT2D eigenvalue weighted by atomic mass is 16.5. The second kappa shape index (κ2) is 7.32. The molecule has 0 unspecified atom stereocenters. The van der Waals surface area contributed by atoms with Crippen LogP contribution in [0.1, 0.15) is 42.5 Å². The van der Waals surface area contributed by atoms with Crippen LogP contribution in [0.5, 0.6) is 5.75 Å². The number of fused-ring (bicyclic) bond motifs is 2. The first-order valence-electron chi connectivity index (χ1n) is 10.1. The van der Waals surface area contributed by atoms with Crippen LogP contribution in [0.3, 0.4) is 0 Å². The fraction of sp³-hybridized carbons (Fsp3) is 0.273. The SMILES string of the molecule is CCOc1cccc2[nH]c(C(=O)NC3(CC#Cc4cnc5c(N)ccnn45)CC3)nc12. The summed E-state index contributed by atoms with van der Waals surface area (Å²) in [5.41, 5.74) is 8.77. The summed E-state index contributed by atoms with van der Waals surface area (Å²) in [6.45, 7) is 2.44. The maximum absolute atomic E-state index is 12.8. The van der Waals surface area contributed by atoms with Crippen LogP contribution in [-0.2, 0) is 0 Å². The Bertz CT molecular complexity index is 1350. The van der Waals surface area contributed by atoms with Crippen LogP contribution in [0.4, 0.5) is 5.69 Å². The molecule has 9 nitrogen and oxygen atoms in total. The van der Waals surface area contributed by atoms with E-state index in [0.29, 0.717) is 41.3 Å². The van der Waals surface area contributed by atoms with Gasteiger partial charge in [-0.1, -0.05) is 12.0 Å². The molecule has 31 heavy (non-hydrogen) atoms. The van der Waals surface area contributed by atoms with Gasteiger partial charge in [-0.05, 0) is 43.9 Å². The number of H-pyrrole nitrogens is 1. The number of ether oxygens (including phenoxy) is 1. The highest BCUT2D eigenvalue weighted by Gasteiger charge is 2.43. The quantitative estimate of drug-likeness (QED) is 0.430. The summed E-state index contributed by atoms with van der Waals surface area (Å²) >= 11 is 0. The molecule has 0 spiro atoms. The fourth-order valence-corrected chi connectivity index (χ4v) is 3.49. The molecule has 0 bridgehead atoms. The van der Waals surface area contributed by atoms with E-state index < -0.39 is 0 Å². The number of nitrogens with two attached hydrogens (primary N) is 1. The van der Waals surface area contributed by atoms with Crippen LogP contribution in [0.25, 0.3) is 16.7 Å². The number of para-hydroxylation sites is 1. The topological polar surface area (TPSA) is 123 Å². The van der Waals surface area contributed by atoms with E-state index in [1.165, 1.54) is 0 Å². The summed E-state index contributed by atoms with van der Waals surface area (Å²) in [7, 11) is 0. The molecule has 1 aliphatic carbocycles. The van der Waals surface area contributed by atoms with Crippen molar-refractivity contribution in [3.8, 4) is 17.6 Å². The highest BCUT2D eigenvalue weighted by molar-refractivity contribution is 5.96. The number of aromatic amines is 1. The molecule has 1 aliphatic rings. The number of anilines is 1. The zero-order valence-corrected chi connectivity index (χ0v) is 17.0. The van der Waals surface area contributed by atoms with Crippen molar-refractivity contribution >= 4 is 28.3 Å². The van der Waals surface area contributed by atoms with Gasteiger partial charge < -0.3 is 20.8 Å². The van der Waals surface area contributed by atoms with Crippen molar-refractivity contribution in [2.45, 2.75) is 31.7 Å². The smallest absolute Gasteiger partial charge is 0.287 e. The van der Waals surface area contributed by atoms with E-state index in [4.69, 9.17) is 10.5 Å². The number of carbonyl (C=O) groups is 1. The predicted molar refractivity (Wildman–Crippen MR) is 116 cm³/mol. The molecule has 4 N–H and O–H groups in total. The Morgan fingerprint density at radius 3 is 3.06 bits per heavy atom. The molecular formula is C22H21N7O2. The summed E-state index contributed by atoms with van der Waals surface area (Å²) in [5, 5.41) is 7.33. The van der Waals surface area contributed by atoms with Crippen molar-refractivity contribution in [1.29, 1.82) is 0 Å². The minimum absolute atomic E-state index is 0.248. The van der Waals surface area contributed by atoms with Gasteiger partial charge in [0.25, 0.3) is 5.91 Å². The lowest BCUT2D eigenvalue weighted by molar-refractivity contribution is 0.0923. The number of nitrogens with one attached hydrogen (secondary N) is 2. The van der Waals surface area contributed by atoms with Gasteiger partial charge in [0.1, 0.15) is 17.0 Å². The molecule has 3 heterocycles. The number of imidazole rings is 2. The number of rotatable bonds is 5. The van der Waals surface area contributed by atoms with Crippen molar-refractivity contribution in [3.63, 3.8) is 0 Å². The van der Waals surface area contributed by atoms with Gasteiger partial charge in [-0.2, -0.15) is 5.10 Å². The van der Waals surface area contributed by atoms with E-state index in [-0.39, 0.29) is 17.3 Å². The van der Waals surface area contributed by atoms with E-state index in [1.807, 2.05) is 25.1 Å². The third-order valence-electron chi connectivity index (χ3n) is 5.30. The number of nitrogens with zero attached hydrogens (tertiary/aromatic N) is 4. The summed E-state index contributed by atoms with van der Waals surface area (Å²) in [4.78, 5) is 24.6. The number of aromatic nitrogens is 5. The molecule has 1 saturated carbocycles. The van der Waals surface area contributed by atoms with Crippen LogP contribution in [-0.4, -0.2) is 42.6 Å². The van der Waals surface area contributed by atoms with E-state index in [0.717, 1.165) is 18.4 Å². The van der Waals surface area contributed by atoms with Gasteiger partial charge in [0.15, 0.2) is 11.5 Å². The first kappa shape index (κ1) is 18.9. The van der Waals surface area contributed by atoms with E-state index in [9.17, 15) is 4.79 Å². The van der Waals surface area contributed by atoms with Gasteiger partial charge in [-0.3, -0.25) is 4.79 Å². The average molecular weight is 415 g/mol. The summed E-state index contributed by atoms with van der Waals surface area (Å²) < 4.78 is 7.22. The predicted octanol–water partition coefficient (Wildman–Crippen LogP) is 2.29. The Labute approximate surface area is 178 Å². The maximum Gasteiger partial charge on any atom is 0.287 e. The Hall–Kier alpha value is -4.06. The van der Waals surface area contributed by atoms with Gasteiger partial charge >= 0.3 is 0 Å². The van der Waals surface area contributed by atoms with Crippen molar-refractivity contribution in [2.75, 3.05) is 12.3 Å². The van der Waals surface area contributed by atoms with Gasteiger partial charge in [0.2, 0.25) is 0 Å². The number of hydrogen-bond donors (Lipinski definition) is 3. The fourth-order valence-electron chi connectivity index (χ4n) is 3.49. The van der Waals surface area contributed by atoms with Gasteiger partial charge in [-0.25, -0.2) is 14.5 Å². The summed E-state index contributed by atoms with van der Waals surface area (Å²) in [5.74, 6) is 6.92. The minimum Gasteiger partial charge on any atom is -0.492 e. The third kappa shape index (κ3) is 3.53. The molecule has 156 valence electrons. The van der Waals surface area contributed by atoms with E-state index >= 15 is 0 Å². The van der Waals surface area contributed by atoms with Crippen molar-refractivity contribution in [3.05, 3.63) is 48.2 Å². The van der Waals surface area contributed by atoms with Crippen LogP contribution in [0.2, 0.25) is 0 Å². The monoisotopic (exact) mass is 415 g/mol. The van der Waals surface area contributed by atoms with Gasteiger partial charge in [0.05, 0.1) is 35.7 Å². The normalized spacial score (nSPS) is 14.2. The molecule has 0 radical (unpaired) electrons. The van der Waals surface area contributed by atoms with Crippen molar-refractivity contribution in [1.82, 2.24) is 29.9 Å². The summed E-state index contributed by atoms with van der Waals surface area (Å²) in [6.07, 6.45) is 5.53. The molecule has 0 atom stereocenters. The molecule has 4 aromatic rings. The van der Waals surface area contributed by atoms with Crippen molar-refractivity contribution in [2.24, 2.45) is 0 Å². The van der Waals surface area contributed by atoms with Crippen LogP contribution in [0, 0.1) is 11.8 Å². The zero-order chi connectivity index (χ0) is 21.4. The second-order valence-corrected chi connectivity index (χ2v) is 7.55. The average Bonchev–Trinajstić information content (AvgIpc) is 3.18. The van der Waals surface area contributed by atoms with Gasteiger partial charge in [-0.15, -0.1) is 0 Å². The first-order valence-corrected chi connectivity index (χ1v) is 10.1. The second-order valence-electron chi connectivity index (χ2n) is 7.55. The van der Waals surface area contributed by atoms with Crippen LogP contribution >= 0.6 is 0 Å². The molecule has 3 aromatic heterocycles. The zero-order valence-electron chi connectivity index (χ0n) is 17.0.